The van der Waals surface area contributed by atoms with E-state index in [2.05, 4.69) is 16.6 Å². The third-order valence-electron chi connectivity index (χ3n) is 6.36. The lowest BCUT2D eigenvalue weighted by Gasteiger charge is -2.17. The molecule has 2 atom stereocenters. The number of benzene rings is 2. The second-order valence-electron chi connectivity index (χ2n) is 8.46. The van der Waals surface area contributed by atoms with E-state index in [0.717, 1.165) is 29.5 Å². The number of ether oxygens (including phenoxy) is 2. The molecule has 7 heteroatoms. The van der Waals surface area contributed by atoms with E-state index in [0.29, 0.717) is 35.1 Å². The number of nitrogens with zero attached hydrogens (tertiary/aromatic N) is 1. The molecule has 0 saturated heterocycles. The van der Waals surface area contributed by atoms with Crippen molar-refractivity contribution in [3.8, 4) is 17.0 Å². The van der Waals surface area contributed by atoms with Gasteiger partial charge < -0.3 is 9.47 Å². The first-order valence-electron chi connectivity index (χ1n) is 11.3. The number of alkyl halides is 2. The molecule has 1 saturated carbocycles. The van der Waals surface area contributed by atoms with Gasteiger partial charge in [0, 0.05) is 16.8 Å². The van der Waals surface area contributed by atoms with E-state index in [-0.39, 0.29) is 11.8 Å². The van der Waals surface area contributed by atoms with Gasteiger partial charge in [0.05, 0.1) is 12.0 Å². The standard InChI is InChI=1S/C27H26ClF2NO3/c1-3-20-15-27(20,25(32)33-4-2)21-10-8-17(9-11-21)12-18-13-23(19-6-5-7-22(28)14-19)24(31-16-18)34-26(29)30/h5-11,13-14,16,20,26H,3-4,12,15H2,1-2H3. The van der Waals surface area contributed by atoms with Crippen molar-refractivity contribution >= 4 is 17.6 Å². The lowest BCUT2D eigenvalue weighted by Crippen LogP contribution is -2.25. The van der Waals surface area contributed by atoms with Crippen molar-refractivity contribution in [3.05, 3.63) is 82.5 Å². The van der Waals surface area contributed by atoms with Crippen molar-refractivity contribution in [3.63, 3.8) is 0 Å². The van der Waals surface area contributed by atoms with Crippen LogP contribution in [0.1, 0.15) is 43.4 Å². The molecule has 1 heterocycles. The molecule has 2 unspecified atom stereocenters. The molecule has 0 N–H and O–H groups in total. The number of pyridine rings is 1. The van der Waals surface area contributed by atoms with E-state index in [1.54, 1.807) is 30.3 Å². The van der Waals surface area contributed by atoms with Crippen LogP contribution in [-0.4, -0.2) is 24.2 Å². The molecule has 1 fully saturated rings. The largest absolute Gasteiger partial charge is 0.465 e. The first-order valence-corrected chi connectivity index (χ1v) is 11.7. The van der Waals surface area contributed by atoms with Crippen LogP contribution in [0.2, 0.25) is 5.02 Å². The Balaban J connectivity index is 1.59. The van der Waals surface area contributed by atoms with Crippen LogP contribution in [0.25, 0.3) is 11.1 Å². The molecule has 3 aromatic rings. The van der Waals surface area contributed by atoms with Gasteiger partial charge in [0.15, 0.2) is 0 Å². The van der Waals surface area contributed by atoms with Gasteiger partial charge in [-0.2, -0.15) is 8.78 Å². The summed E-state index contributed by atoms with van der Waals surface area (Å²) in [6.45, 7) is 1.29. The molecule has 0 radical (unpaired) electrons. The number of halogens is 3. The van der Waals surface area contributed by atoms with Crippen LogP contribution in [0.4, 0.5) is 8.78 Å². The summed E-state index contributed by atoms with van der Waals surface area (Å²) in [7, 11) is 0. The fourth-order valence-electron chi connectivity index (χ4n) is 4.59. The van der Waals surface area contributed by atoms with Gasteiger partial charge in [-0.3, -0.25) is 4.79 Å². The van der Waals surface area contributed by atoms with E-state index in [1.807, 2.05) is 31.2 Å². The molecular weight excluding hydrogens is 460 g/mol. The summed E-state index contributed by atoms with van der Waals surface area (Å²) in [5, 5.41) is 0.488. The summed E-state index contributed by atoms with van der Waals surface area (Å²) in [4.78, 5) is 16.8. The van der Waals surface area contributed by atoms with Crippen molar-refractivity contribution in [2.75, 3.05) is 6.61 Å². The first-order chi connectivity index (χ1) is 16.4. The minimum absolute atomic E-state index is 0.146. The lowest BCUT2D eigenvalue weighted by molar-refractivity contribution is -0.146. The van der Waals surface area contributed by atoms with Crippen LogP contribution < -0.4 is 4.74 Å². The molecule has 34 heavy (non-hydrogen) atoms. The van der Waals surface area contributed by atoms with Crippen molar-refractivity contribution in [1.29, 1.82) is 0 Å². The fraction of sp³-hybridized carbons (Fsp3) is 0.333. The maximum atomic E-state index is 12.9. The molecule has 0 bridgehead atoms. The summed E-state index contributed by atoms with van der Waals surface area (Å²) in [5.74, 6) is -0.00380. The van der Waals surface area contributed by atoms with Gasteiger partial charge in [-0.05, 0) is 66.1 Å². The summed E-state index contributed by atoms with van der Waals surface area (Å²) in [5.41, 5.74) is 3.37. The zero-order valence-electron chi connectivity index (χ0n) is 19.1. The molecule has 4 nitrogen and oxygen atoms in total. The van der Waals surface area contributed by atoms with Gasteiger partial charge in [-0.25, -0.2) is 4.98 Å². The van der Waals surface area contributed by atoms with Crippen LogP contribution in [-0.2, 0) is 21.4 Å². The highest BCUT2D eigenvalue weighted by molar-refractivity contribution is 6.30. The Labute approximate surface area is 202 Å². The Morgan fingerprint density at radius 3 is 2.53 bits per heavy atom. The Hall–Kier alpha value is -2.99. The van der Waals surface area contributed by atoms with Gasteiger partial charge in [0.2, 0.25) is 5.88 Å². The van der Waals surface area contributed by atoms with Crippen molar-refractivity contribution in [1.82, 2.24) is 4.98 Å². The third kappa shape index (κ3) is 4.92. The SMILES string of the molecule is CCOC(=O)C1(c2ccc(Cc3cnc(OC(F)F)c(-c4cccc(Cl)c4)c3)cc2)CC1CC. The Morgan fingerprint density at radius 2 is 1.91 bits per heavy atom. The highest BCUT2D eigenvalue weighted by Crippen LogP contribution is 2.56. The molecule has 0 aliphatic heterocycles. The minimum atomic E-state index is -2.98. The topological polar surface area (TPSA) is 48.4 Å². The second kappa shape index (κ2) is 10.1. The van der Waals surface area contributed by atoms with Gasteiger partial charge >= 0.3 is 12.6 Å². The maximum Gasteiger partial charge on any atom is 0.388 e. The maximum absolute atomic E-state index is 12.9. The number of hydrogen-bond donors (Lipinski definition) is 0. The van der Waals surface area contributed by atoms with E-state index in [1.165, 1.54) is 6.20 Å². The van der Waals surface area contributed by atoms with Crippen molar-refractivity contribution < 1.29 is 23.0 Å². The highest BCUT2D eigenvalue weighted by Gasteiger charge is 2.61. The van der Waals surface area contributed by atoms with E-state index in [9.17, 15) is 13.6 Å². The zero-order valence-corrected chi connectivity index (χ0v) is 19.8. The molecular formula is C27H26ClF2NO3. The number of carbonyl (C=O) groups excluding carboxylic acids is 1. The molecule has 4 rings (SSSR count). The average molecular weight is 486 g/mol. The van der Waals surface area contributed by atoms with Crippen LogP contribution in [0.3, 0.4) is 0 Å². The summed E-state index contributed by atoms with van der Waals surface area (Å²) in [6.07, 6.45) is 3.80. The van der Waals surface area contributed by atoms with Gasteiger partial charge in [-0.1, -0.05) is 61.3 Å². The Bertz CT molecular complexity index is 1170. The monoisotopic (exact) mass is 485 g/mol. The lowest BCUT2D eigenvalue weighted by atomic mass is 9.91. The van der Waals surface area contributed by atoms with Crippen molar-refractivity contribution in [2.24, 2.45) is 5.92 Å². The molecule has 0 spiro atoms. The van der Waals surface area contributed by atoms with Gasteiger partial charge in [-0.15, -0.1) is 0 Å². The second-order valence-corrected chi connectivity index (χ2v) is 8.90. The smallest absolute Gasteiger partial charge is 0.388 e. The molecule has 1 aromatic heterocycles. The molecule has 2 aromatic carbocycles. The summed E-state index contributed by atoms with van der Waals surface area (Å²) in [6, 6.07) is 16.7. The molecule has 178 valence electrons. The molecule has 1 aliphatic rings. The zero-order chi connectivity index (χ0) is 24.3. The normalized spacial score (nSPS) is 19.2. The molecule has 1 aliphatic carbocycles. The summed E-state index contributed by atoms with van der Waals surface area (Å²) >= 11 is 6.10. The quantitative estimate of drug-likeness (QED) is 0.312. The Morgan fingerprint density at radius 1 is 1.15 bits per heavy atom. The number of rotatable bonds is 9. The number of carbonyl (C=O) groups is 1. The van der Waals surface area contributed by atoms with Crippen LogP contribution in [0, 0.1) is 5.92 Å². The van der Waals surface area contributed by atoms with Crippen molar-refractivity contribution in [2.45, 2.75) is 45.1 Å². The van der Waals surface area contributed by atoms with Crippen LogP contribution in [0.5, 0.6) is 5.88 Å². The fourth-order valence-corrected chi connectivity index (χ4v) is 4.78. The third-order valence-corrected chi connectivity index (χ3v) is 6.59. The van der Waals surface area contributed by atoms with Crippen LogP contribution in [0.15, 0.2) is 60.8 Å². The molecule has 0 amide bonds. The predicted molar refractivity (Wildman–Crippen MR) is 127 cm³/mol. The summed E-state index contributed by atoms with van der Waals surface area (Å²) < 4.78 is 35.8. The highest BCUT2D eigenvalue weighted by atomic mass is 35.5. The Kier molecular flexibility index (Phi) is 7.17. The van der Waals surface area contributed by atoms with E-state index < -0.39 is 12.0 Å². The average Bonchev–Trinajstić information content (AvgIpc) is 3.56. The number of aromatic nitrogens is 1. The van der Waals surface area contributed by atoms with E-state index >= 15 is 0 Å². The minimum Gasteiger partial charge on any atom is -0.465 e. The van der Waals surface area contributed by atoms with E-state index in [4.69, 9.17) is 16.3 Å². The van der Waals surface area contributed by atoms with Crippen LogP contribution >= 0.6 is 11.6 Å². The predicted octanol–water partition coefficient (Wildman–Crippen LogP) is 6.83. The first kappa shape index (κ1) is 24.1. The van der Waals surface area contributed by atoms with Gasteiger partial charge in [0.1, 0.15) is 0 Å². The number of esters is 1. The van der Waals surface area contributed by atoms with Gasteiger partial charge in [0.25, 0.3) is 0 Å². The number of hydrogen-bond acceptors (Lipinski definition) is 4.